The van der Waals surface area contributed by atoms with Gasteiger partial charge in [0, 0.05) is 30.3 Å². The van der Waals surface area contributed by atoms with Crippen molar-refractivity contribution in [2.45, 2.75) is 38.1 Å². The summed E-state index contributed by atoms with van der Waals surface area (Å²) < 4.78 is 18.6. The largest absolute Gasteiger partial charge is 0.477 e. The zero-order valence-electron chi connectivity index (χ0n) is 14.9. The number of hydrogen-bond acceptors (Lipinski definition) is 5. The van der Waals surface area contributed by atoms with E-state index in [0.29, 0.717) is 25.5 Å². The lowest BCUT2D eigenvalue weighted by Crippen LogP contribution is -2.39. The molecule has 0 spiro atoms. The van der Waals surface area contributed by atoms with Gasteiger partial charge in [-0.25, -0.2) is 9.37 Å². The van der Waals surface area contributed by atoms with Crippen LogP contribution in [0.1, 0.15) is 17.7 Å². The second-order valence-corrected chi connectivity index (χ2v) is 6.52. The molecule has 150 valence electrons. The van der Waals surface area contributed by atoms with E-state index in [4.69, 9.17) is 4.74 Å². The van der Waals surface area contributed by atoms with Crippen LogP contribution in [0, 0.1) is 18.7 Å². The van der Waals surface area contributed by atoms with Gasteiger partial charge in [-0.3, -0.25) is 0 Å². The molecule has 27 heavy (non-hydrogen) atoms. The first kappa shape index (κ1) is 23.6. The van der Waals surface area contributed by atoms with Crippen molar-refractivity contribution in [1.29, 1.82) is 0 Å². The highest BCUT2D eigenvalue weighted by atomic mass is 35.5. The van der Waals surface area contributed by atoms with Crippen molar-refractivity contribution in [2.75, 3.05) is 6.61 Å². The number of rotatable bonds is 6. The molecule has 1 aromatic heterocycles. The van der Waals surface area contributed by atoms with Crippen molar-refractivity contribution in [1.82, 2.24) is 10.3 Å². The van der Waals surface area contributed by atoms with Crippen LogP contribution < -0.4 is 10.1 Å². The van der Waals surface area contributed by atoms with Gasteiger partial charge in [0.25, 0.3) is 0 Å². The van der Waals surface area contributed by atoms with Crippen LogP contribution in [0.2, 0.25) is 0 Å². The molecule has 3 N–H and O–H groups in total. The third kappa shape index (κ3) is 6.30. The molecule has 4 atom stereocenters. The smallest absolute Gasteiger partial charge is 0.213 e. The lowest BCUT2D eigenvalue weighted by molar-refractivity contribution is 0.00172. The number of pyridine rings is 1. The van der Waals surface area contributed by atoms with Gasteiger partial charge in [0.05, 0.1) is 18.8 Å². The highest BCUT2D eigenvalue weighted by molar-refractivity contribution is 5.85. The molecule has 0 radical (unpaired) electrons. The molecule has 5 nitrogen and oxygen atoms in total. The topological polar surface area (TPSA) is 74.6 Å². The van der Waals surface area contributed by atoms with E-state index in [1.54, 1.807) is 18.2 Å². The van der Waals surface area contributed by atoms with Crippen LogP contribution >= 0.6 is 24.8 Å². The van der Waals surface area contributed by atoms with E-state index in [-0.39, 0.29) is 42.6 Å². The molecule has 1 aliphatic carbocycles. The SMILES string of the molecule is Cc1cccc(OC[C@H]2C[C@@H](NCc3ccc(F)cc3)[C@H](O)[C@@H]2O)n1.Cl.Cl. The second-order valence-electron chi connectivity index (χ2n) is 6.52. The second kappa shape index (κ2) is 10.8. The van der Waals surface area contributed by atoms with Crippen molar-refractivity contribution in [3.8, 4) is 5.88 Å². The molecule has 0 saturated heterocycles. The van der Waals surface area contributed by atoms with Crippen LogP contribution in [0.4, 0.5) is 4.39 Å². The van der Waals surface area contributed by atoms with Gasteiger partial charge in [-0.15, -0.1) is 24.8 Å². The summed E-state index contributed by atoms with van der Waals surface area (Å²) in [6.45, 7) is 2.68. The normalized spacial score (nSPS) is 24.0. The minimum Gasteiger partial charge on any atom is -0.477 e. The molecule has 1 saturated carbocycles. The summed E-state index contributed by atoms with van der Waals surface area (Å²) >= 11 is 0. The molecule has 2 aromatic rings. The van der Waals surface area contributed by atoms with Crippen LogP contribution in [0.15, 0.2) is 42.5 Å². The van der Waals surface area contributed by atoms with Crippen LogP contribution in [-0.2, 0) is 6.54 Å². The Morgan fingerprint density at radius 2 is 1.81 bits per heavy atom. The van der Waals surface area contributed by atoms with E-state index < -0.39 is 12.2 Å². The fourth-order valence-electron chi connectivity index (χ4n) is 3.13. The summed E-state index contributed by atoms with van der Waals surface area (Å²) in [6, 6.07) is 11.5. The highest BCUT2D eigenvalue weighted by Gasteiger charge is 2.41. The monoisotopic (exact) mass is 418 g/mol. The first-order valence-corrected chi connectivity index (χ1v) is 8.43. The maximum Gasteiger partial charge on any atom is 0.213 e. The van der Waals surface area contributed by atoms with Crippen molar-refractivity contribution in [2.24, 2.45) is 5.92 Å². The quantitative estimate of drug-likeness (QED) is 0.672. The minimum absolute atomic E-state index is 0. The minimum atomic E-state index is -0.862. The van der Waals surface area contributed by atoms with Crippen molar-refractivity contribution < 1.29 is 19.3 Å². The Morgan fingerprint density at radius 1 is 1.11 bits per heavy atom. The zero-order valence-corrected chi connectivity index (χ0v) is 16.5. The van der Waals surface area contributed by atoms with E-state index in [0.717, 1.165) is 11.3 Å². The Labute approximate surface area is 170 Å². The molecular formula is C19H25Cl2FN2O3. The summed E-state index contributed by atoms with van der Waals surface area (Å²) in [7, 11) is 0. The Bertz CT molecular complexity index is 706. The van der Waals surface area contributed by atoms with Crippen LogP contribution in [0.25, 0.3) is 0 Å². The Morgan fingerprint density at radius 3 is 2.48 bits per heavy atom. The first-order chi connectivity index (χ1) is 12.0. The molecule has 0 aliphatic heterocycles. The molecule has 1 aromatic carbocycles. The maximum absolute atomic E-state index is 12.9. The predicted molar refractivity (Wildman–Crippen MR) is 106 cm³/mol. The average Bonchev–Trinajstić information content (AvgIpc) is 2.87. The van der Waals surface area contributed by atoms with E-state index in [1.807, 2.05) is 19.1 Å². The summed E-state index contributed by atoms with van der Waals surface area (Å²) in [5.74, 6) is 0.0643. The molecule has 0 unspecified atom stereocenters. The number of aryl methyl sites for hydroxylation is 1. The summed E-state index contributed by atoms with van der Waals surface area (Å²) in [4.78, 5) is 4.27. The molecule has 8 heteroatoms. The molecular weight excluding hydrogens is 394 g/mol. The molecule has 1 aliphatic rings. The predicted octanol–water partition coefficient (Wildman–Crippen LogP) is 2.65. The fraction of sp³-hybridized carbons (Fsp3) is 0.421. The standard InChI is InChI=1S/C19H23FN2O3.2ClH/c1-12-3-2-4-17(22-12)25-11-14-9-16(19(24)18(14)23)21-10-13-5-7-15(20)8-6-13;;/h2-8,14,16,18-19,21,23-24H,9-11H2,1H3;2*1H/t14-,16-,18-,19+;;/m1../s1. The van der Waals surface area contributed by atoms with Crippen molar-refractivity contribution in [3.63, 3.8) is 0 Å². The van der Waals surface area contributed by atoms with E-state index in [2.05, 4.69) is 10.3 Å². The summed E-state index contributed by atoms with van der Waals surface area (Å²) in [6.07, 6.45) is -1.12. The van der Waals surface area contributed by atoms with E-state index in [1.165, 1.54) is 12.1 Å². The van der Waals surface area contributed by atoms with Gasteiger partial charge in [0.1, 0.15) is 5.82 Å². The number of aliphatic hydroxyl groups excluding tert-OH is 2. The van der Waals surface area contributed by atoms with Crippen molar-refractivity contribution in [3.05, 3.63) is 59.5 Å². The average molecular weight is 419 g/mol. The molecule has 1 heterocycles. The van der Waals surface area contributed by atoms with Gasteiger partial charge in [-0.2, -0.15) is 0 Å². The van der Waals surface area contributed by atoms with Gasteiger partial charge in [0.2, 0.25) is 5.88 Å². The fourth-order valence-corrected chi connectivity index (χ4v) is 3.13. The molecule has 0 amide bonds. The van der Waals surface area contributed by atoms with Gasteiger partial charge < -0.3 is 20.3 Å². The third-order valence-electron chi connectivity index (χ3n) is 4.59. The van der Waals surface area contributed by atoms with Gasteiger partial charge in [0.15, 0.2) is 0 Å². The third-order valence-corrected chi connectivity index (χ3v) is 4.59. The Balaban J connectivity index is 0.00000182. The number of benzene rings is 1. The number of nitrogens with one attached hydrogen (secondary N) is 1. The number of hydrogen-bond donors (Lipinski definition) is 3. The number of halogens is 3. The van der Waals surface area contributed by atoms with Gasteiger partial charge in [-0.05, 0) is 37.1 Å². The molecule has 0 bridgehead atoms. The summed E-state index contributed by atoms with van der Waals surface area (Å²) in [5.41, 5.74) is 1.79. The number of nitrogens with zero attached hydrogens (tertiary/aromatic N) is 1. The van der Waals surface area contributed by atoms with Crippen molar-refractivity contribution >= 4 is 24.8 Å². The molecule has 3 rings (SSSR count). The zero-order chi connectivity index (χ0) is 17.8. The van der Waals surface area contributed by atoms with Gasteiger partial charge >= 0.3 is 0 Å². The number of ether oxygens (including phenoxy) is 1. The first-order valence-electron chi connectivity index (χ1n) is 8.43. The Hall–Kier alpha value is -1.44. The van der Waals surface area contributed by atoms with Gasteiger partial charge in [-0.1, -0.05) is 18.2 Å². The van der Waals surface area contributed by atoms with E-state index in [9.17, 15) is 14.6 Å². The lowest BCUT2D eigenvalue weighted by atomic mass is 10.1. The highest BCUT2D eigenvalue weighted by Crippen LogP contribution is 2.28. The van der Waals surface area contributed by atoms with Crippen LogP contribution in [0.3, 0.4) is 0 Å². The number of aromatic nitrogens is 1. The summed E-state index contributed by atoms with van der Waals surface area (Å²) in [5, 5.41) is 23.7. The lowest BCUT2D eigenvalue weighted by Gasteiger charge is -2.18. The van der Waals surface area contributed by atoms with Crippen LogP contribution in [0.5, 0.6) is 5.88 Å². The number of aliphatic hydroxyl groups is 2. The Kier molecular flexibility index (Phi) is 9.42. The molecule has 1 fully saturated rings. The maximum atomic E-state index is 12.9. The van der Waals surface area contributed by atoms with Crippen LogP contribution in [-0.4, -0.2) is 40.1 Å². The van der Waals surface area contributed by atoms with E-state index >= 15 is 0 Å².